The number of nitrogens with one attached hydrogen (secondary N) is 1. The highest BCUT2D eigenvalue weighted by molar-refractivity contribution is 5.84. The van der Waals surface area contributed by atoms with Crippen molar-refractivity contribution in [3.63, 3.8) is 0 Å². The number of nitrogens with zero attached hydrogens (tertiary/aromatic N) is 4. The molecule has 4 aromatic rings. The predicted molar refractivity (Wildman–Crippen MR) is 92.8 cm³/mol. The normalized spacial score (nSPS) is 11.2. The molecule has 1 aromatic carbocycles. The lowest BCUT2D eigenvalue weighted by Gasteiger charge is -2.09. The van der Waals surface area contributed by atoms with E-state index in [1.807, 2.05) is 59.8 Å². The lowest BCUT2D eigenvalue weighted by molar-refractivity contribution is 0.704. The summed E-state index contributed by atoms with van der Waals surface area (Å²) in [6, 6.07) is 7.87. The summed E-state index contributed by atoms with van der Waals surface area (Å²) < 4.78 is 3.90. The second-order valence-electron chi connectivity index (χ2n) is 5.88. The van der Waals surface area contributed by atoms with Gasteiger partial charge in [-0.3, -0.25) is 4.79 Å². The summed E-state index contributed by atoms with van der Waals surface area (Å²) in [7, 11) is 1.95. The van der Waals surface area contributed by atoms with E-state index in [0.29, 0.717) is 17.9 Å². The van der Waals surface area contributed by atoms with Crippen LogP contribution in [0.25, 0.3) is 22.3 Å². The van der Waals surface area contributed by atoms with Crippen molar-refractivity contribution in [2.24, 2.45) is 7.05 Å². The van der Waals surface area contributed by atoms with Crippen LogP contribution in [0.3, 0.4) is 0 Å². The molecule has 3 aromatic heterocycles. The molecule has 0 aliphatic carbocycles. The largest absolute Gasteiger partial charge is 0.337 e. The van der Waals surface area contributed by atoms with Crippen LogP contribution >= 0.6 is 0 Å². The predicted octanol–water partition coefficient (Wildman–Crippen LogP) is 2.48. The number of aromatic nitrogens is 5. The van der Waals surface area contributed by atoms with Crippen LogP contribution < -0.4 is 5.56 Å². The standard InChI is InChI=1S/C18H17N5O/c1-12-4-3-5-13-10-14(18(24)21-16(12)13)17-20-7-9-23(17)11-15-19-6-8-22(15)2/h3-10H,11H2,1-2H3,(H,21,24). The minimum absolute atomic E-state index is 0.135. The van der Waals surface area contributed by atoms with Gasteiger partial charge < -0.3 is 14.1 Å². The lowest BCUT2D eigenvalue weighted by atomic mass is 10.1. The first kappa shape index (κ1) is 14.4. The van der Waals surface area contributed by atoms with E-state index in [1.165, 1.54) is 0 Å². The van der Waals surface area contributed by atoms with Crippen molar-refractivity contribution in [2.45, 2.75) is 13.5 Å². The van der Waals surface area contributed by atoms with Crippen LogP contribution in [-0.2, 0) is 13.6 Å². The monoisotopic (exact) mass is 319 g/mol. The average Bonchev–Trinajstić information content (AvgIpc) is 3.18. The summed E-state index contributed by atoms with van der Waals surface area (Å²) >= 11 is 0. The Morgan fingerprint density at radius 2 is 2.00 bits per heavy atom. The molecule has 0 aliphatic rings. The Labute approximate surface area is 138 Å². The number of benzene rings is 1. The molecule has 6 heteroatoms. The van der Waals surface area contributed by atoms with Crippen LogP contribution in [-0.4, -0.2) is 24.1 Å². The molecular weight excluding hydrogens is 302 g/mol. The van der Waals surface area contributed by atoms with E-state index < -0.39 is 0 Å². The topological polar surface area (TPSA) is 68.5 Å². The first-order valence-corrected chi connectivity index (χ1v) is 7.74. The number of fused-ring (bicyclic) bond motifs is 1. The zero-order valence-corrected chi connectivity index (χ0v) is 13.5. The van der Waals surface area contributed by atoms with Gasteiger partial charge in [0.2, 0.25) is 0 Å². The summed E-state index contributed by atoms with van der Waals surface area (Å²) in [4.78, 5) is 24.3. The Morgan fingerprint density at radius 3 is 2.79 bits per heavy atom. The van der Waals surface area contributed by atoms with Crippen LogP contribution in [0.1, 0.15) is 11.4 Å². The van der Waals surface area contributed by atoms with Gasteiger partial charge in [0.05, 0.1) is 17.6 Å². The zero-order valence-electron chi connectivity index (χ0n) is 13.5. The quantitative estimate of drug-likeness (QED) is 0.631. The van der Waals surface area contributed by atoms with E-state index in [-0.39, 0.29) is 5.56 Å². The van der Waals surface area contributed by atoms with Gasteiger partial charge in [-0.15, -0.1) is 0 Å². The third-order valence-corrected chi connectivity index (χ3v) is 4.28. The first-order valence-electron chi connectivity index (χ1n) is 7.74. The van der Waals surface area contributed by atoms with Crippen molar-refractivity contribution in [1.29, 1.82) is 0 Å². The summed E-state index contributed by atoms with van der Waals surface area (Å²) in [5, 5.41) is 0.996. The maximum Gasteiger partial charge on any atom is 0.259 e. The highest BCUT2D eigenvalue weighted by Crippen LogP contribution is 2.20. The molecule has 0 saturated carbocycles. The van der Waals surface area contributed by atoms with Crippen LogP contribution in [0, 0.1) is 6.92 Å². The Balaban J connectivity index is 1.84. The van der Waals surface area contributed by atoms with E-state index >= 15 is 0 Å². The van der Waals surface area contributed by atoms with E-state index in [9.17, 15) is 4.79 Å². The Morgan fingerprint density at radius 1 is 1.17 bits per heavy atom. The average molecular weight is 319 g/mol. The van der Waals surface area contributed by atoms with Gasteiger partial charge in [0, 0.05) is 31.8 Å². The molecule has 0 bridgehead atoms. The molecule has 1 N–H and O–H groups in total. The number of rotatable bonds is 3. The minimum Gasteiger partial charge on any atom is -0.337 e. The lowest BCUT2D eigenvalue weighted by Crippen LogP contribution is -2.14. The minimum atomic E-state index is -0.135. The van der Waals surface area contributed by atoms with Gasteiger partial charge in [0.1, 0.15) is 11.6 Å². The number of aromatic amines is 1. The Bertz CT molecular complexity index is 1090. The second kappa shape index (κ2) is 5.49. The first-order chi connectivity index (χ1) is 11.6. The number of para-hydroxylation sites is 1. The van der Waals surface area contributed by atoms with Crippen LogP contribution in [0.2, 0.25) is 0 Å². The number of hydrogen-bond acceptors (Lipinski definition) is 3. The van der Waals surface area contributed by atoms with E-state index in [2.05, 4.69) is 15.0 Å². The second-order valence-corrected chi connectivity index (χ2v) is 5.88. The number of hydrogen-bond donors (Lipinski definition) is 1. The van der Waals surface area contributed by atoms with Crippen LogP contribution in [0.15, 0.2) is 53.8 Å². The van der Waals surface area contributed by atoms with Crippen molar-refractivity contribution < 1.29 is 0 Å². The molecule has 0 fully saturated rings. The number of aryl methyl sites for hydroxylation is 2. The van der Waals surface area contributed by atoms with Gasteiger partial charge in [0.15, 0.2) is 0 Å². The van der Waals surface area contributed by atoms with E-state index in [0.717, 1.165) is 22.3 Å². The van der Waals surface area contributed by atoms with Gasteiger partial charge in [-0.1, -0.05) is 18.2 Å². The molecular formula is C18H17N5O. The maximum atomic E-state index is 12.6. The summed E-state index contributed by atoms with van der Waals surface area (Å²) in [5.41, 5.74) is 2.34. The van der Waals surface area contributed by atoms with Gasteiger partial charge in [-0.25, -0.2) is 9.97 Å². The zero-order chi connectivity index (χ0) is 16.7. The summed E-state index contributed by atoms with van der Waals surface area (Å²) in [5.74, 6) is 1.55. The molecule has 24 heavy (non-hydrogen) atoms. The van der Waals surface area contributed by atoms with Crippen molar-refractivity contribution in [1.82, 2.24) is 24.1 Å². The van der Waals surface area contributed by atoms with Crippen molar-refractivity contribution in [3.05, 3.63) is 70.8 Å². The number of pyridine rings is 1. The maximum absolute atomic E-state index is 12.6. The fourth-order valence-electron chi connectivity index (χ4n) is 2.93. The molecule has 0 saturated heterocycles. The summed E-state index contributed by atoms with van der Waals surface area (Å²) in [6.07, 6.45) is 7.23. The van der Waals surface area contributed by atoms with Gasteiger partial charge in [-0.05, 0) is 23.9 Å². The molecule has 0 unspecified atom stereocenters. The number of imidazole rings is 2. The van der Waals surface area contributed by atoms with Gasteiger partial charge >= 0.3 is 0 Å². The van der Waals surface area contributed by atoms with Crippen molar-refractivity contribution in [3.8, 4) is 11.4 Å². The molecule has 4 rings (SSSR count). The summed E-state index contributed by atoms with van der Waals surface area (Å²) in [6.45, 7) is 2.55. The third-order valence-electron chi connectivity index (χ3n) is 4.28. The Hall–Kier alpha value is -3.15. The van der Waals surface area contributed by atoms with Crippen LogP contribution in [0.4, 0.5) is 0 Å². The van der Waals surface area contributed by atoms with Crippen molar-refractivity contribution >= 4 is 10.9 Å². The van der Waals surface area contributed by atoms with Gasteiger partial charge in [-0.2, -0.15) is 0 Å². The fourth-order valence-corrected chi connectivity index (χ4v) is 2.93. The Kier molecular flexibility index (Phi) is 3.30. The smallest absolute Gasteiger partial charge is 0.259 e. The molecule has 6 nitrogen and oxygen atoms in total. The van der Waals surface area contributed by atoms with E-state index in [1.54, 1.807) is 12.4 Å². The molecule has 0 spiro atoms. The molecule has 0 atom stereocenters. The molecule has 0 radical (unpaired) electrons. The number of H-pyrrole nitrogens is 1. The third kappa shape index (κ3) is 2.32. The van der Waals surface area contributed by atoms with Crippen molar-refractivity contribution in [2.75, 3.05) is 0 Å². The molecule has 3 heterocycles. The van der Waals surface area contributed by atoms with Crippen LogP contribution in [0.5, 0.6) is 0 Å². The molecule has 120 valence electrons. The molecule has 0 aliphatic heterocycles. The highest BCUT2D eigenvalue weighted by Gasteiger charge is 2.13. The SMILES string of the molecule is Cc1cccc2cc(-c3nccn3Cc3nccn3C)c(=O)[nH]c12. The molecule has 0 amide bonds. The van der Waals surface area contributed by atoms with E-state index in [4.69, 9.17) is 0 Å². The highest BCUT2D eigenvalue weighted by atomic mass is 16.1. The fraction of sp³-hybridized carbons (Fsp3) is 0.167. The van der Waals surface area contributed by atoms with Gasteiger partial charge in [0.25, 0.3) is 5.56 Å².